The number of carbonyl (C=O) groups is 2. The maximum absolute atomic E-state index is 12.5. The first-order valence-electron chi connectivity index (χ1n) is 9.79. The minimum Gasteiger partial charge on any atom is -0.497 e. The first-order valence-corrected chi connectivity index (χ1v) is 9.79. The lowest BCUT2D eigenvalue weighted by Crippen LogP contribution is -2.48. The normalized spacial score (nSPS) is 25.7. The highest BCUT2D eigenvalue weighted by Crippen LogP contribution is 2.29. The van der Waals surface area contributed by atoms with Gasteiger partial charge in [-0.1, -0.05) is 26.7 Å². The van der Waals surface area contributed by atoms with Gasteiger partial charge in [0.2, 0.25) is 11.8 Å². The highest BCUT2D eigenvalue weighted by molar-refractivity contribution is 6.04. The smallest absolute Gasteiger partial charge is 0.243 e. The molecule has 2 amide bonds. The molecule has 6 heteroatoms. The van der Waals surface area contributed by atoms with Crippen molar-refractivity contribution in [1.82, 2.24) is 10.3 Å². The van der Waals surface area contributed by atoms with Gasteiger partial charge in [0.15, 0.2) is 0 Å². The molecule has 1 heterocycles. The van der Waals surface area contributed by atoms with Crippen molar-refractivity contribution in [3.8, 4) is 5.75 Å². The van der Waals surface area contributed by atoms with Crippen molar-refractivity contribution >= 4 is 17.5 Å². The third kappa shape index (κ3) is 4.67. The summed E-state index contributed by atoms with van der Waals surface area (Å²) in [6, 6.07) is 7.79. The van der Waals surface area contributed by atoms with Crippen LogP contribution in [0.15, 0.2) is 29.4 Å². The van der Waals surface area contributed by atoms with Crippen LogP contribution < -0.4 is 10.1 Å². The van der Waals surface area contributed by atoms with Crippen LogP contribution in [0.5, 0.6) is 5.75 Å². The van der Waals surface area contributed by atoms with E-state index in [1.807, 2.05) is 24.3 Å². The van der Waals surface area contributed by atoms with Gasteiger partial charge in [-0.05, 0) is 48.1 Å². The molecule has 3 rings (SSSR count). The van der Waals surface area contributed by atoms with Crippen molar-refractivity contribution < 1.29 is 14.3 Å². The van der Waals surface area contributed by atoms with Crippen LogP contribution in [0.25, 0.3) is 0 Å². The highest BCUT2D eigenvalue weighted by Gasteiger charge is 2.29. The van der Waals surface area contributed by atoms with E-state index in [0.29, 0.717) is 24.7 Å². The number of benzene rings is 1. The first-order chi connectivity index (χ1) is 13.0. The number of amides is 2. The number of methoxy groups -OCH3 is 1. The molecule has 0 spiro atoms. The molecule has 1 aromatic carbocycles. The summed E-state index contributed by atoms with van der Waals surface area (Å²) in [7, 11) is 1.63. The van der Waals surface area contributed by atoms with Crippen LogP contribution in [0.1, 0.15) is 51.5 Å². The predicted molar refractivity (Wildman–Crippen MR) is 105 cm³/mol. The third-order valence-corrected chi connectivity index (χ3v) is 5.87. The van der Waals surface area contributed by atoms with Crippen LogP contribution in [0.4, 0.5) is 0 Å². The molecule has 27 heavy (non-hydrogen) atoms. The third-order valence-electron chi connectivity index (χ3n) is 5.87. The topological polar surface area (TPSA) is 71.0 Å². The fourth-order valence-electron chi connectivity index (χ4n) is 3.89. The van der Waals surface area contributed by atoms with Gasteiger partial charge in [0.25, 0.3) is 0 Å². The lowest BCUT2D eigenvalue weighted by Gasteiger charge is -2.35. The Hall–Kier alpha value is -2.37. The van der Waals surface area contributed by atoms with Gasteiger partial charge in [-0.2, -0.15) is 5.10 Å². The minimum atomic E-state index is -0.131. The van der Waals surface area contributed by atoms with Gasteiger partial charge in [-0.25, -0.2) is 5.01 Å². The van der Waals surface area contributed by atoms with Gasteiger partial charge in [0.1, 0.15) is 12.3 Å². The second kappa shape index (κ2) is 8.55. The van der Waals surface area contributed by atoms with E-state index in [2.05, 4.69) is 24.3 Å². The number of hydrazone groups is 1. The Morgan fingerprint density at radius 3 is 2.67 bits per heavy atom. The van der Waals surface area contributed by atoms with E-state index in [1.54, 1.807) is 7.11 Å². The van der Waals surface area contributed by atoms with E-state index in [9.17, 15) is 9.59 Å². The molecule has 146 valence electrons. The molecular formula is C21H29N3O3. The van der Waals surface area contributed by atoms with Crippen molar-refractivity contribution in [2.45, 2.75) is 52.0 Å². The van der Waals surface area contributed by atoms with Gasteiger partial charge in [-0.15, -0.1) is 0 Å². The Bertz CT molecular complexity index is 714. The summed E-state index contributed by atoms with van der Waals surface area (Å²) in [6.45, 7) is 4.42. The van der Waals surface area contributed by atoms with Crippen molar-refractivity contribution in [3.63, 3.8) is 0 Å². The van der Waals surface area contributed by atoms with E-state index in [0.717, 1.165) is 29.9 Å². The van der Waals surface area contributed by atoms with Gasteiger partial charge < -0.3 is 10.1 Å². The zero-order valence-corrected chi connectivity index (χ0v) is 16.4. The zero-order chi connectivity index (χ0) is 19.4. The minimum absolute atomic E-state index is 0.0178. The quantitative estimate of drug-likeness (QED) is 0.865. The summed E-state index contributed by atoms with van der Waals surface area (Å²) in [4.78, 5) is 24.7. The molecule has 2 aliphatic rings. The molecule has 0 aromatic heterocycles. The number of nitrogens with one attached hydrogen (secondary N) is 1. The van der Waals surface area contributed by atoms with Crippen LogP contribution in [-0.2, 0) is 9.59 Å². The second-order valence-electron chi connectivity index (χ2n) is 7.67. The Balaban J connectivity index is 1.65. The molecule has 1 aromatic rings. The molecule has 1 N–H and O–H groups in total. The number of nitrogens with zero attached hydrogens (tertiary/aromatic N) is 2. The van der Waals surface area contributed by atoms with Crippen LogP contribution in [-0.4, -0.2) is 42.2 Å². The summed E-state index contributed by atoms with van der Waals surface area (Å²) < 4.78 is 5.18. The van der Waals surface area contributed by atoms with E-state index < -0.39 is 0 Å². The molecule has 0 bridgehead atoms. The van der Waals surface area contributed by atoms with Crippen LogP contribution in [0.3, 0.4) is 0 Å². The molecule has 0 saturated heterocycles. The van der Waals surface area contributed by atoms with Gasteiger partial charge >= 0.3 is 0 Å². The van der Waals surface area contributed by atoms with Crippen LogP contribution in [0.2, 0.25) is 0 Å². The second-order valence-corrected chi connectivity index (χ2v) is 7.67. The van der Waals surface area contributed by atoms with Crippen LogP contribution >= 0.6 is 0 Å². The first kappa shape index (κ1) is 19.4. The molecule has 1 saturated carbocycles. The number of carbonyl (C=O) groups excluding carboxylic acids is 2. The predicted octanol–water partition coefficient (Wildman–Crippen LogP) is 2.96. The van der Waals surface area contributed by atoms with Gasteiger partial charge in [0.05, 0.1) is 12.8 Å². The van der Waals surface area contributed by atoms with Crippen molar-refractivity contribution in [1.29, 1.82) is 0 Å². The number of rotatable bonds is 5. The maximum Gasteiger partial charge on any atom is 0.243 e. The SMILES string of the molecule is COc1ccc(C2=NN(CC(=O)N[C@@H]3CCC[C@@H](C)[C@@H]3C)C(=O)CC2)cc1. The van der Waals surface area contributed by atoms with Crippen LogP contribution in [0, 0.1) is 11.8 Å². The molecule has 0 unspecified atom stereocenters. The summed E-state index contributed by atoms with van der Waals surface area (Å²) in [5, 5.41) is 8.89. The lowest BCUT2D eigenvalue weighted by atomic mass is 9.78. The molecule has 1 aliphatic carbocycles. The maximum atomic E-state index is 12.5. The lowest BCUT2D eigenvalue weighted by molar-refractivity contribution is -0.137. The Morgan fingerprint density at radius 1 is 1.22 bits per heavy atom. The Kier molecular flexibility index (Phi) is 6.14. The molecule has 1 fully saturated rings. The molecule has 6 nitrogen and oxygen atoms in total. The van der Waals surface area contributed by atoms with E-state index in [-0.39, 0.29) is 24.4 Å². The van der Waals surface area contributed by atoms with Crippen molar-refractivity contribution in [3.05, 3.63) is 29.8 Å². The average molecular weight is 371 g/mol. The van der Waals surface area contributed by atoms with Crippen molar-refractivity contribution in [2.24, 2.45) is 16.9 Å². The monoisotopic (exact) mass is 371 g/mol. The van der Waals surface area contributed by atoms with Gasteiger partial charge in [-0.3, -0.25) is 9.59 Å². The summed E-state index contributed by atoms with van der Waals surface area (Å²) in [6.07, 6.45) is 4.31. The highest BCUT2D eigenvalue weighted by atomic mass is 16.5. The van der Waals surface area contributed by atoms with Gasteiger partial charge in [0, 0.05) is 18.9 Å². The molecule has 0 radical (unpaired) electrons. The Morgan fingerprint density at radius 2 is 1.96 bits per heavy atom. The fraction of sp³-hybridized carbons (Fsp3) is 0.571. The van der Waals surface area contributed by atoms with E-state index >= 15 is 0 Å². The average Bonchev–Trinajstić information content (AvgIpc) is 2.67. The summed E-state index contributed by atoms with van der Waals surface area (Å²) in [5.74, 6) is 1.61. The van der Waals surface area contributed by atoms with Crippen molar-refractivity contribution in [2.75, 3.05) is 13.7 Å². The number of ether oxygens (including phenoxy) is 1. The number of hydrogen-bond donors (Lipinski definition) is 1. The standard InChI is InChI=1S/C21H29N3O3/c1-14-5-4-6-18(15(14)2)22-20(25)13-24-21(26)12-11-19(23-24)16-7-9-17(27-3)10-8-16/h7-10,14-15,18H,4-6,11-13H2,1-3H3,(H,22,25)/t14-,15+,18-/m1/s1. The summed E-state index contributed by atoms with van der Waals surface area (Å²) >= 11 is 0. The number of hydrogen-bond acceptors (Lipinski definition) is 4. The Labute approximate surface area is 161 Å². The largest absolute Gasteiger partial charge is 0.497 e. The summed E-state index contributed by atoms with van der Waals surface area (Å²) in [5.41, 5.74) is 1.77. The van der Waals surface area contributed by atoms with E-state index in [1.165, 1.54) is 11.4 Å². The molecule has 1 aliphatic heterocycles. The molecule has 3 atom stereocenters. The zero-order valence-electron chi connectivity index (χ0n) is 16.4. The fourth-order valence-corrected chi connectivity index (χ4v) is 3.89. The van der Waals surface area contributed by atoms with E-state index in [4.69, 9.17) is 4.74 Å². The molecular weight excluding hydrogens is 342 g/mol.